The van der Waals surface area contributed by atoms with Crippen LogP contribution in [0.3, 0.4) is 0 Å². The van der Waals surface area contributed by atoms with Crippen LogP contribution >= 0.6 is 0 Å². The smallest absolute Gasteiger partial charge is 0.306 e. The first-order chi connectivity index (χ1) is 41.0. The highest BCUT2D eigenvalue weighted by molar-refractivity contribution is 5.71. The maximum absolute atomic E-state index is 13.0. The SMILES string of the molecule is CC/C=C\C/C=C\C/C=C\C/C=C\C/C=C\C/C=C\CCCCCCCCCCCCCCC(=O)OCC(COC(=O)CCCCCCC/C=C\CCCCCCCCC)OC(=O)CCCCCCCCCCCCCCCCCCCC. The lowest BCUT2D eigenvalue weighted by molar-refractivity contribution is -0.167. The first-order valence-electron chi connectivity index (χ1n) is 36.1. The Labute approximate surface area is 515 Å². The van der Waals surface area contributed by atoms with Gasteiger partial charge in [0, 0.05) is 19.3 Å². The molecule has 0 aliphatic heterocycles. The maximum atomic E-state index is 13.0. The minimum Gasteiger partial charge on any atom is -0.462 e. The minimum atomic E-state index is -0.779. The molecule has 0 rings (SSSR count). The third-order valence-electron chi connectivity index (χ3n) is 15.9. The quantitative estimate of drug-likeness (QED) is 0.0261. The van der Waals surface area contributed by atoms with Crippen LogP contribution in [0.2, 0.25) is 0 Å². The number of hydrogen-bond donors (Lipinski definition) is 0. The highest BCUT2D eigenvalue weighted by atomic mass is 16.6. The molecule has 0 aromatic heterocycles. The number of carbonyl (C=O) groups excluding carboxylic acids is 3. The van der Waals surface area contributed by atoms with E-state index in [0.29, 0.717) is 19.3 Å². The van der Waals surface area contributed by atoms with E-state index in [1.807, 2.05) is 0 Å². The van der Waals surface area contributed by atoms with Crippen LogP contribution in [0.5, 0.6) is 0 Å². The molecule has 0 aromatic carbocycles. The second-order valence-corrected chi connectivity index (χ2v) is 24.1. The van der Waals surface area contributed by atoms with Gasteiger partial charge in [-0.2, -0.15) is 0 Å². The van der Waals surface area contributed by atoms with Gasteiger partial charge in [0.2, 0.25) is 0 Å². The average Bonchev–Trinajstić information content (AvgIpc) is 3.49. The lowest BCUT2D eigenvalue weighted by atomic mass is 10.0. The van der Waals surface area contributed by atoms with E-state index in [-0.39, 0.29) is 31.1 Å². The Hall–Kier alpha value is -3.41. The molecule has 83 heavy (non-hydrogen) atoms. The molecule has 480 valence electrons. The van der Waals surface area contributed by atoms with Crippen molar-refractivity contribution in [3.8, 4) is 0 Å². The summed E-state index contributed by atoms with van der Waals surface area (Å²) in [4.78, 5) is 38.5. The number of esters is 3. The fourth-order valence-electron chi connectivity index (χ4n) is 10.5. The first-order valence-corrected chi connectivity index (χ1v) is 36.1. The molecular formula is C77H136O6. The standard InChI is InChI=1S/C77H136O6/c1-4-7-10-13-16-19-22-25-28-31-33-34-35-36-37-38-39-40-41-42-43-44-45-47-49-52-55-58-61-64-67-70-76(79)82-73-74(72-81-75(78)69-66-63-60-57-54-51-48-30-27-24-21-18-15-12-9-6-3)83-77(80)71-68-65-62-59-56-53-50-46-32-29-26-23-20-17-14-11-8-5-2/h7,10,16,19,25,28,30,33-34,36-37,39-40,48,74H,4-6,8-9,11-15,17-18,20-24,26-27,29,31-32,35,38,41-47,49-73H2,1-3H3/b10-7-,19-16-,28-25-,34-33-,37-36-,40-39-,48-30-. The van der Waals surface area contributed by atoms with Crippen molar-refractivity contribution in [1.82, 2.24) is 0 Å². The predicted octanol–water partition coefficient (Wildman–Crippen LogP) is 25.0. The van der Waals surface area contributed by atoms with Crippen LogP contribution in [0.4, 0.5) is 0 Å². The first kappa shape index (κ1) is 79.6. The molecule has 0 radical (unpaired) electrons. The van der Waals surface area contributed by atoms with Gasteiger partial charge in [-0.05, 0) is 96.3 Å². The summed E-state index contributed by atoms with van der Waals surface area (Å²) in [6.07, 6.45) is 94.6. The molecule has 0 aromatic rings. The summed E-state index contributed by atoms with van der Waals surface area (Å²) < 4.78 is 17.0. The van der Waals surface area contributed by atoms with Crippen LogP contribution in [0, 0.1) is 0 Å². The van der Waals surface area contributed by atoms with E-state index in [1.54, 1.807) is 0 Å². The largest absolute Gasteiger partial charge is 0.462 e. The monoisotopic (exact) mass is 1160 g/mol. The van der Waals surface area contributed by atoms with Gasteiger partial charge in [-0.1, -0.05) is 337 Å². The van der Waals surface area contributed by atoms with E-state index < -0.39 is 6.10 Å². The van der Waals surface area contributed by atoms with Gasteiger partial charge in [-0.15, -0.1) is 0 Å². The number of unbranched alkanes of at least 4 members (excludes halogenated alkanes) is 41. The summed E-state index contributed by atoms with van der Waals surface area (Å²) in [6.45, 7) is 6.57. The molecule has 0 heterocycles. The summed E-state index contributed by atoms with van der Waals surface area (Å²) in [5, 5.41) is 0. The van der Waals surface area contributed by atoms with E-state index in [9.17, 15) is 14.4 Å². The molecule has 0 fully saturated rings. The molecule has 0 saturated heterocycles. The highest BCUT2D eigenvalue weighted by Crippen LogP contribution is 2.18. The minimum absolute atomic E-state index is 0.0754. The van der Waals surface area contributed by atoms with Crippen LogP contribution in [0.15, 0.2) is 85.1 Å². The summed E-state index contributed by atoms with van der Waals surface area (Å²) >= 11 is 0. The van der Waals surface area contributed by atoms with Crippen LogP contribution in [0.1, 0.15) is 367 Å². The zero-order valence-corrected chi connectivity index (χ0v) is 55.2. The lowest BCUT2D eigenvalue weighted by Gasteiger charge is -2.18. The van der Waals surface area contributed by atoms with Crippen LogP contribution in [-0.2, 0) is 28.6 Å². The van der Waals surface area contributed by atoms with E-state index in [2.05, 4.69) is 106 Å². The zero-order chi connectivity index (χ0) is 59.9. The average molecular weight is 1160 g/mol. The van der Waals surface area contributed by atoms with Gasteiger partial charge in [0.05, 0.1) is 0 Å². The van der Waals surface area contributed by atoms with Gasteiger partial charge in [0.25, 0.3) is 0 Å². The molecule has 0 saturated carbocycles. The summed E-state index contributed by atoms with van der Waals surface area (Å²) in [5.41, 5.74) is 0. The Bertz CT molecular complexity index is 1570. The third kappa shape index (κ3) is 69.3. The Kier molecular flexibility index (Phi) is 68.2. The van der Waals surface area contributed by atoms with E-state index in [1.165, 1.54) is 225 Å². The number of rotatable bonds is 66. The van der Waals surface area contributed by atoms with E-state index in [4.69, 9.17) is 14.2 Å². The fourth-order valence-corrected chi connectivity index (χ4v) is 10.5. The highest BCUT2D eigenvalue weighted by Gasteiger charge is 2.19. The number of hydrogen-bond acceptors (Lipinski definition) is 6. The van der Waals surface area contributed by atoms with Gasteiger partial charge in [-0.25, -0.2) is 0 Å². The van der Waals surface area contributed by atoms with Crippen LogP contribution in [-0.4, -0.2) is 37.2 Å². The Morgan fingerprint density at radius 1 is 0.253 bits per heavy atom. The van der Waals surface area contributed by atoms with Crippen molar-refractivity contribution in [1.29, 1.82) is 0 Å². The third-order valence-corrected chi connectivity index (χ3v) is 15.9. The molecule has 6 heteroatoms. The van der Waals surface area contributed by atoms with Crippen molar-refractivity contribution in [3.63, 3.8) is 0 Å². The number of carbonyl (C=O) groups is 3. The molecule has 0 aliphatic carbocycles. The van der Waals surface area contributed by atoms with Gasteiger partial charge in [0.15, 0.2) is 6.10 Å². The zero-order valence-electron chi connectivity index (χ0n) is 55.2. The molecular weight excluding hydrogens is 1020 g/mol. The molecule has 0 bridgehead atoms. The lowest BCUT2D eigenvalue weighted by Crippen LogP contribution is -2.30. The summed E-state index contributed by atoms with van der Waals surface area (Å²) in [5.74, 6) is -0.863. The van der Waals surface area contributed by atoms with Gasteiger partial charge >= 0.3 is 17.9 Å². The van der Waals surface area contributed by atoms with Crippen LogP contribution < -0.4 is 0 Å². The maximum Gasteiger partial charge on any atom is 0.306 e. The van der Waals surface area contributed by atoms with Gasteiger partial charge < -0.3 is 14.2 Å². The molecule has 1 atom stereocenters. The number of ether oxygens (including phenoxy) is 3. The van der Waals surface area contributed by atoms with Gasteiger partial charge in [-0.3, -0.25) is 14.4 Å². The van der Waals surface area contributed by atoms with Crippen molar-refractivity contribution >= 4 is 17.9 Å². The van der Waals surface area contributed by atoms with Gasteiger partial charge in [0.1, 0.15) is 13.2 Å². The van der Waals surface area contributed by atoms with Crippen molar-refractivity contribution in [3.05, 3.63) is 85.1 Å². The second kappa shape index (κ2) is 71.1. The van der Waals surface area contributed by atoms with Crippen molar-refractivity contribution in [2.75, 3.05) is 13.2 Å². The Balaban J connectivity index is 4.27. The van der Waals surface area contributed by atoms with E-state index in [0.717, 1.165) is 103 Å². The summed E-state index contributed by atoms with van der Waals surface area (Å²) in [6, 6.07) is 0. The Morgan fingerprint density at radius 3 is 0.747 bits per heavy atom. The second-order valence-electron chi connectivity index (χ2n) is 24.1. The van der Waals surface area contributed by atoms with Crippen molar-refractivity contribution in [2.24, 2.45) is 0 Å². The normalized spacial score (nSPS) is 12.6. The van der Waals surface area contributed by atoms with E-state index >= 15 is 0 Å². The number of allylic oxidation sites excluding steroid dienone is 14. The topological polar surface area (TPSA) is 78.9 Å². The molecule has 6 nitrogen and oxygen atoms in total. The van der Waals surface area contributed by atoms with Crippen LogP contribution in [0.25, 0.3) is 0 Å². The Morgan fingerprint density at radius 2 is 0.470 bits per heavy atom. The molecule has 1 unspecified atom stereocenters. The van der Waals surface area contributed by atoms with Crippen molar-refractivity contribution in [2.45, 2.75) is 374 Å². The predicted molar refractivity (Wildman–Crippen MR) is 362 cm³/mol. The van der Waals surface area contributed by atoms with Crippen molar-refractivity contribution < 1.29 is 28.6 Å². The fraction of sp³-hybridized carbons (Fsp3) is 0.779. The molecule has 0 aliphatic rings. The molecule has 0 spiro atoms. The summed E-state index contributed by atoms with van der Waals surface area (Å²) in [7, 11) is 0. The molecule has 0 amide bonds. The molecule has 0 N–H and O–H groups in total.